The van der Waals surface area contributed by atoms with Crippen molar-refractivity contribution >= 4 is 5.91 Å². The second-order valence-electron chi connectivity index (χ2n) is 4.95. The Labute approximate surface area is 101 Å². The van der Waals surface area contributed by atoms with Gasteiger partial charge in [0.05, 0.1) is 6.04 Å². The van der Waals surface area contributed by atoms with Crippen molar-refractivity contribution in [1.29, 1.82) is 0 Å². The number of carbonyl (C=O) groups is 1. The zero-order valence-electron chi connectivity index (χ0n) is 10.3. The zero-order valence-corrected chi connectivity index (χ0v) is 10.3. The van der Waals surface area contributed by atoms with Crippen LogP contribution in [-0.2, 0) is 0 Å². The highest BCUT2D eigenvalue weighted by Crippen LogP contribution is 2.19. The fourth-order valence-corrected chi connectivity index (χ4v) is 1.85. The lowest BCUT2D eigenvalue weighted by molar-refractivity contribution is 0.0645. The fourth-order valence-electron chi connectivity index (χ4n) is 1.85. The van der Waals surface area contributed by atoms with Crippen molar-refractivity contribution in [3.63, 3.8) is 0 Å². The highest BCUT2D eigenvalue weighted by molar-refractivity contribution is 5.92. The van der Waals surface area contributed by atoms with Crippen LogP contribution < -0.4 is 5.73 Å². The molecule has 2 N–H and O–H groups in total. The van der Waals surface area contributed by atoms with Gasteiger partial charge >= 0.3 is 0 Å². The van der Waals surface area contributed by atoms with Gasteiger partial charge in [-0.3, -0.25) is 4.79 Å². The minimum absolute atomic E-state index is 0.0528. The summed E-state index contributed by atoms with van der Waals surface area (Å²) in [6.07, 6.45) is 3.29. The van der Waals surface area contributed by atoms with Gasteiger partial charge in [-0.25, -0.2) is 4.98 Å². The predicted molar refractivity (Wildman–Crippen MR) is 63.4 cm³/mol. The van der Waals surface area contributed by atoms with Gasteiger partial charge in [-0.1, -0.05) is 13.8 Å². The van der Waals surface area contributed by atoms with E-state index in [0.29, 0.717) is 17.5 Å². The van der Waals surface area contributed by atoms with Gasteiger partial charge in [0.25, 0.3) is 5.91 Å². The number of rotatable bonds is 4. The topological polar surface area (TPSA) is 72.4 Å². The summed E-state index contributed by atoms with van der Waals surface area (Å²) in [7, 11) is 0. The number of carbonyl (C=O) groups excluding carboxylic acids is 1. The lowest BCUT2D eigenvalue weighted by Crippen LogP contribution is -2.42. The minimum atomic E-state index is -0.229. The van der Waals surface area contributed by atoms with E-state index >= 15 is 0 Å². The summed E-state index contributed by atoms with van der Waals surface area (Å²) in [6.45, 7) is 5.82. The molecule has 2 rings (SSSR count). The Morgan fingerprint density at radius 2 is 2.29 bits per heavy atom. The second kappa shape index (κ2) is 4.87. The molecule has 0 bridgehead atoms. The van der Waals surface area contributed by atoms with Crippen LogP contribution in [0, 0.1) is 5.92 Å². The normalized spacial score (nSPS) is 17.1. The minimum Gasteiger partial charge on any atom is -0.446 e. The van der Waals surface area contributed by atoms with Gasteiger partial charge < -0.3 is 15.1 Å². The molecule has 0 spiro atoms. The molecule has 1 fully saturated rings. The van der Waals surface area contributed by atoms with Gasteiger partial charge in [-0.2, -0.15) is 0 Å². The number of nitrogens with zero attached hydrogens (tertiary/aromatic N) is 2. The number of hydrogen-bond acceptors (Lipinski definition) is 4. The van der Waals surface area contributed by atoms with E-state index in [-0.39, 0.29) is 11.9 Å². The van der Waals surface area contributed by atoms with E-state index in [4.69, 9.17) is 10.2 Å². The van der Waals surface area contributed by atoms with Gasteiger partial charge in [0.15, 0.2) is 5.69 Å². The Hall–Kier alpha value is -1.36. The van der Waals surface area contributed by atoms with Gasteiger partial charge in [-0.15, -0.1) is 0 Å². The maximum Gasteiger partial charge on any atom is 0.275 e. The second-order valence-corrected chi connectivity index (χ2v) is 4.95. The molecular weight excluding hydrogens is 218 g/mol. The van der Waals surface area contributed by atoms with Gasteiger partial charge in [-0.05, 0) is 18.8 Å². The molecule has 0 aromatic carbocycles. The summed E-state index contributed by atoms with van der Waals surface area (Å²) in [6, 6.07) is -0.229. The van der Waals surface area contributed by atoms with Gasteiger partial charge in [0.1, 0.15) is 6.26 Å². The molecule has 0 radical (unpaired) electrons. The van der Waals surface area contributed by atoms with Crippen LogP contribution in [0.4, 0.5) is 0 Å². The molecule has 1 amide bonds. The molecule has 1 aliphatic rings. The monoisotopic (exact) mass is 237 g/mol. The molecular formula is C12H19N3O2. The summed E-state index contributed by atoms with van der Waals surface area (Å²) >= 11 is 0. The zero-order chi connectivity index (χ0) is 12.4. The molecule has 1 aliphatic heterocycles. The first-order valence-corrected chi connectivity index (χ1v) is 6.08. The standard InChI is InChI=1S/C12H19N3O2/c1-8(2)6-9(13)11-14-10(7-17-11)12(16)15-4-3-5-15/h7-9H,3-6,13H2,1-2H3. The summed E-state index contributed by atoms with van der Waals surface area (Å²) in [4.78, 5) is 17.8. The van der Waals surface area contributed by atoms with E-state index in [0.717, 1.165) is 25.9 Å². The van der Waals surface area contributed by atoms with E-state index in [1.807, 2.05) is 0 Å². The van der Waals surface area contributed by atoms with Gasteiger partial charge in [0, 0.05) is 13.1 Å². The Balaban J connectivity index is 2.02. The Morgan fingerprint density at radius 3 is 2.82 bits per heavy atom. The highest BCUT2D eigenvalue weighted by atomic mass is 16.3. The van der Waals surface area contributed by atoms with Crippen LogP contribution in [0.25, 0.3) is 0 Å². The molecule has 5 heteroatoms. The smallest absolute Gasteiger partial charge is 0.275 e. The van der Waals surface area contributed by atoms with Crippen molar-refractivity contribution in [3.8, 4) is 0 Å². The predicted octanol–water partition coefficient (Wildman–Crippen LogP) is 1.57. The molecule has 1 aromatic heterocycles. The summed E-state index contributed by atoms with van der Waals surface area (Å²) < 4.78 is 5.28. The molecule has 2 heterocycles. The third-order valence-corrected chi connectivity index (χ3v) is 2.93. The fraction of sp³-hybridized carbons (Fsp3) is 0.667. The molecule has 94 valence electrons. The first kappa shape index (κ1) is 12.1. The quantitative estimate of drug-likeness (QED) is 0.862. The third-order valence-electron chi connectivity index (χ3n) is 2.93. The van der Waals surface area contributed by atoms with E-state index in [2.05, 4.69) is 18.8 Å². The number of amides is 1. The van der Waals surface area contributed by atoms with Crippen LogP contribution in [0.2, 0.25) is 0 Å². The largest absolute Gasteiger partial charge is 0.446 e. The summed E-state index contributed by atoms with van der Waals surface area (Å²) in [5.41, 5.74) is 6.32. The van der Waals surface area contributed by atoms with Crippen molar-refractivity contribution in [2.75, 3.05) is 13.1 Å². The maximum absolute atomic E-state index is 11.8. The number of hydrogen-bond donors (Lipinski definition) is 1. The number of nitrogens with two attached hydrogens (primary N) is 1. The number of oxazole rings is 1. The van der Waals surface area contributed by atoms with Crippen molar-refractivity contribution in [2.45, 2.75) is 32.7 Å². The first-order chi connectivity index (χ1) is 8.08. The third kappa shape index (κ3) is 2.66. The molecule has 5 nitrogen and oxygen atoms in total. The molecule has 1 saturated heterocycles. The average Bonchev–Trinajstić information content (AvgIpc) is 2.61. The van der Waals surface area contributed by atoms with Crippen LogP contribution in [-0.4, -0.2) is 28.9 Å². The summed E-state index contributed by atoms with van der Waals surface area (Å²) in [5.74, 6) is 0.886. The molecule has 0 saturated carbocycles. The SMILES string of the molecule is CC(C)CC(N)c1nc(C(=O)N2CCC2)co1. The Morgan fingerprint density at radius 1 is 1.59 bits per heavy atom. The van der Waals surface area contributed by atoms with E-state index in [1.54, 1.807) is 4.90 Å². The lowest BCUT2D eigenvalue weighted by Gasteiger charge is -2.29. The molecule has 17 heavy (non-hydrogen) atoms. The van der Waals surface area contributed by atoms with Crippen LogP contribution >= 0.6 is 0 Å². The molecule has 1 aromatic rings. The Kier molecular flexibility index (Phi) is 3.47. The van der Waals surface area contributed by atoms with E-state index in [1.165, 1.54) is 6.26 Å². The molecule has 0 aliphatic carbocycles. The molecule has 1 unspecified atom stereocenters. The van der Waals surface area contributed by atoms with Crippen LogP contribution in [0.15, 0.2) is 10.7 Å². The van der Waals surface area contributed by atoms with Crippen molar-refractivity contribution < 1.29 is 9.21 Å². The maximum atomic E-state index is 11.8. The van der Waals surface area contributed by atoms with E-state index in [9.17, 15) is 4.79 Å². The first-order valence-electron chi connectivity index (χ1n) is 6.08. The van der Waals surface area contributed by atoms with Crippen LogP contribution in [0.1, 0.15) is 49.1 Å². The van der Waals surface area contributed by atoms with Crippen LogP contribution in [0.5, 0.6) is 0 Å². The average molecular weight is 237 g/mol. The lowest BCUT2D eigenvalue weighted by atomic mass is 10.0. The summed E-state index contributed by atoms with van der Waals surface area (Å²) in [5, 5.41) is 0. The van der Waals surface area contributed by atoms with Crippen molar-refractivity contribution in [3.05, 3.63) is 17.8 Å². The Bertz CT molecular complexity index is 396. The number of aromatic nitrogens is 1. The highest BCUT2D eigenvalue weighted by Gasteiger charge is 2.25. The number of likely N-dealkylation sites (tertiary alicyclic amines) is 1. The molecule has 1 atom stereocenters. The van der Waals surface area contributed by atoms with E-state index < -0.39 is 0 Å². The van der Waals surface area contributed by atoms with Crippen molar-refractivity contribution in [2.24, 2.45) is 11.7 Å². The van der Waals surface area contributed by atoms with Crippen LogP contribution in [0.3, 0.4) is 0 Å². The van der Waals surface area contributed by atoms with Crippen molar-refractivity contribution in [1.82, 2.24) is 9.88 Å². The van der Waals surface area contributed by atoms with Gasteiger partial charge in [0.2, 0.25) is 5.89 Å².